The van der Waals surface area contributed by atoms with Crippen molar-refractivity contribution < 1.29 is 13.9 Å². The number of fused-ring (bicyclic) bond motifs is 1. The Labute approximate surface area is 209 Å². The van der Waals surface area contributed by atoms with Crippen molar-refractivity contribution in [1.29, 1.82) is 0 Å². The number of benzene rings is 1. The lowest BCUT2D eigenvalue weighted by atomic mass is 10.1. The van der Waals surface area contributed by atoms with Gasteiger partial charge in [-0.1, -0.05) is 13.8 Å². The molecule has 0 spiro atoms. The second-order valence-corrected chi connectivity index (χ2v) is 8.41. The van der Waals surface area contributed by atoms with Crippen LogP contribution in [-0.4, -0.2) is 35.9 Å². The van der Waals surface area contributed by atoms with Crippen LogP contribution in [0.15, 0.2) is 65.7 Å². The molecular formula is C25H21FN8O3. The molecule has 0 aliphatic rings. The summed E-state index contributed by atoms with van der Waals surface area (Å²) in [5.74, 6) is 0.167. The maximum atomic E-state index is 13.4. The zero-order chi connectivity index (χ0) is 26.1. The summed E-state index contributed by atoms with van der Waals surface area (Å²) in [6, 6.07) is 11.5. The number of amides is 1. The lowest BCUT2D eigenvalue weighted by Crippen LogP contribution is -2.31. The molecule has 0 aliphatic heterocycles. The van der Waals surface area contributed by atoms with Gasteiger partial charge in [0.15, 0.2) is 5.65 Å². The molecule has 0 radical (unpaired) electrons. The van der Waals surface area contributed by atoms with Gasteiger partial charge in [0.2, 0.25) is 0 Å². The van der Waals surface area contributed by atoms with E-state index in [9.17, 15) is 14.0 Å². The summed E-state index contributed by atoms with van der Waals surface area (Å²) < 4.78 is 20.3. The van der Waals surface area contributed by atoms with Crippen molar-refractivity contribution in [2.24, 2.45) is 0 Å². The van der Waals surface area contributed by atoms with E-state index in [0.29, 0.717) is 39.7 Å². The van der Waals surface area contributed by atoms with Gasteiger partial charge in [-0.2, -0.15) is 14.9 Å². The molecule has 5 aromatic rings. The predicted molar refractivity (Wildman–Crippen MR) is 134 cm³/mol. The molecule has 12 heteroatoms. The summed E-state index contributed by atoms with van der Waals surface area (Å²) in [6.07, 6.45) is 2.96. The van der Waals surface area contributed by atoms with Crippen molar-refractivity contribution in [2.75, 3.05) is 11.1 Å². The number of nitrogens with two attached hydrogens (primary N) is 1. The third-order valence-corrected chi connectivity index (χ3v) is 5.49. The second-order valence-electron chi connectivity index (χ2n) is 8.41. The minimum atomic E-state index is -0.659. The number of aromatic nitrogens is 6. The van der Waals surface area contributed by atoms with Crippen molar-refractivity contribution in [3.05, 3.63) is 88.4 Å². The van der Waals surface area contributed by atoms with Crippen LogP contribution < -0.4 is 21.3 Å². The summed E-state index contributed by atoms with van der Waals surface area (Å²) in [6.45, 7) is 3.77. The average molecular weight is 500 g/mol. The maximum absolute atomic E-state index is 13.4. The number of hydrogen-bond acceptors (Lipinski definition) is 8. The van der Waals surface area contributed by atoms with Gasteiger partial charge >= 0.3 is 0 Å². The third kappa shape index (κ3) is 4.72. The van der Waals surface area contributed by atoms with Crippen molar-refractivity contribution >= 4 is 28.6 Å². The molecule has 0 saturated carbocycles. The predicted octanol–water partition coefficient (Wildman–Crippen LogP) is 3.79. The maximum Gasteiger partial charge on any atom is 0.284 e. The van der Waals surface area contributed by atoms with Gasteiger partial charge in [-0.3, -0.25) is 14.7 Å². The van der Waals surface area contributed by atoms with Crippen LogP contribution in [0.1, 0.15) is 35.8 Å². The topological polar surface area (TPSA) is 154 Å². The minimum absolute atomic E-state index is 0.0719. The molecule has 1 aromatic carbocycles. The summed E-state index contributed by atoms with van der Waals surface area (Å²) >= 11 is 0. The molecule has 0 atom stereocenters. The van der Waals surface area contributed by atoms with Gasteiger partial charge in [0.25, 0.3) is 11.5 Å². The van der Waals surface area contributed by atoms with E-state index in [4.69, 9.17) is 10.5 Å². The van der Waals surface area contributed by atoms with Gasteiger partial charge in [-0.25, -0.2) is 14.4 Å². The van der Waals surface area contributed by atoms with Gasteiger partial charge in [-0.05, 0) is 48.4 Å². The number of aromatic amines is 1. The second kappa shape index (κ2) is 9.49. The van der Waals surface area contributed by atoms with Gasteiger partial charge in [0.1, 0.15) is 39.9 Å². The normalized spacial score (nSPS) is 11.1. The Kier molecular flexibility index (Phi) is 6.05. The Bertz CT molecular complexity index is 1660. The Morgan fingerprint density at radius 3 is 2.62 bits per heavy atom. The number of H-pyrrole nitrogens is 1. The first kappa shape index (κ1) is 23.6. The van der Waals surface area contributed by atoms with Crippen LogP contribution in [0.3, 0.4) is 0 Å². The lowest BCUT2D eigenvalue weighted by Gasteiger charge is -2.13. The van der Waals surface area contributed by atoms with E-state index in [1.807, 2.05) is 13.8 Å². The van der Waals surface area contributed by atoms with Gasteiger partial charge < -0.3 is 15.8 Å². The minimum Gasteiger partial charge on any atom is -0.455 e. The molecular weight excluding hydrogens is 479 g/mol. The van der Waals surface area contributed by atoms with Gasteiger partial charge in [0.05, 0.1) is 17.6 Å². The Balaban J connectivity index is 1.40. The lowest BCUT2D eigenvalue weighted by molar-refractivity contribution is 0.102. The van der Waals surface area contributed by atoms with E-state index in [0.717, 1.165) is 4.68 Å². The monoisotopic (exact) mass is 500 g/mol. The van der Waals surface area contributed by atoms with Crippen LogP contribution in [0.4, 0.5) is 16.0 Å². The molecule has 0 saturated heterocycles. The molecule has 0 fully saturated rings. The molecule has 0 aliphatic carbocycles. The molecule has 0 bridgehead atoms. The molecule has 11 nitrogen and oxygen atoms in total. The van der Waals surface area contributed by atoms with E-state index < -0.39 is 17.3 Å². The van der Waals surface area contributed by atoms with Crippen molar-refractivity contribution in [1.82, 2.24) is 29.9 Å². The molecule has 1 amide bonds. The number of nitrogen functional groups attached to an aromatic ring is 1. The number of nitrogens with one attached hydrogen (secondary N) is 2. The molecule has 0 unspecified atom stereocenters. The van der Waals surface area contributed by atoms with Crippen LogP contribution in [0.25, 0.3) is 16.7 Å². The molecule has 186 valence electrons. The Morgan fingerprint density at radius 2 is 1.92 bits per heavy atom. The fourth-order valence-corrected chi connectivity index (χ4v) is 3.57. The summed E-state index contributed by atoms with van der Waals surface area (Å²) in [5.41, 5.74) is 6.41. The number of nitrogens with zero attached hydrogens (tertiary/aromatic N) is 5. The number of hydrogen-bond donors (Lipinski definition) is 3. The largest absolute Gasteiger partial charge is 0.455 e. The van der Waals surface area contributed by atoms with Crippen molar-refractivity contribution in [3.8, 4) is 17.2 Å². The molecule has 5 rings (SSSR count). The standard InChI is InChI=1S/C25H21FN8O3/c1-13(2)18-11-17(25(36)34(33-18)15-5-3-14(26)4-6-15)24(35)30-20-8-7-16(12-29-20)37-19-9-10-28-23-21(19)22(27)31-32-23/h3-13H,1-2H3,(H,29,30,35)(H3,27,28,31,32). The summed E-state index contributed by atoms with van der Waals surface area (Å²) in [5, 5.41) is 14.2. The molecule has 4 heterocycles. The van der Waals surface area contributed by atoms with Crippen molar-refractivity contribution in [2.45, 2.75) is 19.8 Å². The molecule has 37 heavy (non-hydrogen) atoms. The van der Waals surface area contributed by atoms with E-state index in [1.165, 1.54) is 42.6 Å². The molecule has 4 N–H and O–H groups in total. The van der Waals surface area contributed by atoms with E-state index in [2.05, 4.69) is 30.6 Å². The highest BCUT2D eigenvalue weighted by Gasteiger charge is 2.19. The number of carbonyl (C=O) groups is 1. The fourth-order valence-electron chi connectivity index (χ4n) is 3.57. The number of rotatable bonds is 6. The van der Waals surface area contributed by atoms with Crippen LogP contribution in [-0.2, 0) is 0 Å². The van der Waals surface area contributed by atoms with E-state index >= 15 is 0 Å². The number of ether oxygens (including phenoxy) is 1. The van der Waals surface area contributed by atoms with Crippen LogP contribution >= 0.6 is 0 Å². The fraction of sp³-hybridized carbons (Fsp3) is 0.120. The number of halogens is 1. The van der Waals surface area contributed by atoms with E-state index in [-0.39, 0.29) is 17.3 Å². The first-order valence-corrected chi connectivity index (χ1v) is 11.2. The summed E-state index contributed by atoms with van der Waals surface area (Å²) in [4.78, 5) is 34.5. The van der Waals surface area contributed by atoms with Crippen molar-refractivity contribution in [3.63, 3.8) is 0 Å². The van der Waals surface area contributed by atoms with Gasteiger partial charge in [-0.15, -0.1) is 0 Å². The Morgan fingerprint density at radius 1 is 1.14 bits per heavy atom. The van der Waals surface area contributed by atoms with E-state index in [1.54, 1.807) is 18.3 Å². The first-order chi connectivity index (χ1) is 17.8. The smallest absolute Gasteiger partial charge is 0.284 e. The van der Waals surface area contributed by atoms with Crippen LogP contribution in [0.5, 0.6) is 11.5 Å². The summed E-state index contributed by atoms with van der Waals surface area (Å²) in [7, 11) is 0. The number of carbonyl (C=O) groups excluding carboxylic acids is 1. The zero-order valence-corrected chi connectivity index (χ0v) is 19.8. The van der Waals surface area contributed by atoms with Crippen LogP contribution in [0, 0.1) is 5.82 Å². The van der Waals surface area contributed by atoms with Gasteiger partial charge in [0, 0.05) is 12.3 Å². The highest BCUT2D eigenvalue weighted by molar-refractivity contribution is 6.03. The number of anilines is 2. The average Bonchev–Trinajstić information content (AvgIpc) is 3.27. The highest BCUT2D eigenvalue weighted by atomic mass is 19.1. The molecule has 4 aromatic heterocycles. The quantitative estimate of drug-likeness (QED) is 0.318. The Hall–Kier alpha value is -5.13. The third-order valence-electron chi connectivity index (χ3n) is 5.49. The SMILES string of the molecule is CC(C)c1cc(C(=O)Nc2ccc(Oc3ccnc4n[nH]c(N)c34)cn2)c(=O)n(-c2ccc(F)cc2)n1. The number of pyridine rings is 2. The zero-order valence-electron chi connectivity index (χ0n) is 19.8. The first-order valence-electron chi connectivity index (χ1n) is 11.2. The highest BCUT2D eigenvalue weighted by Crippen LogP contribution is 2.31. The van der Waals surface area contributed by atoms with Crippen LogP contribution in [0.2, 0.25) is 0 Å².